The van der Waals surface area contributed by atoms with Crippen LogP contribution >= 0.6 is 34.9 Å². The molecule has 114 valence electrons. The molecule has 0 saturated heterocycles. The quantitative estimate of drug-likeness (QED) is 0.508. The minimum Gasteiger partial charge on any atom is -0.342 e. The Balaban J connectivity index is 2.49. The zero-order valence-corrected chi connectivity index (χ0v) is 15.0. The van der Waals surface area contributed by atoms with Gasteiger partial charge in [-0.05, 0) is 27.2 Å². The minimum atomic E-state index is -0.101. The molecular formula is C13H23N3OS3. The number of nitrogens with zero attached hydrogens (tertiary/aromatic N) is 3. The third-order valence-corrected chi connectivity index (χ3v) is 6.13. The van der Waals surface area contributed by atoms with Gasteiger partial charge in [0, 0.05) is 18.8 Å². The summed E-state index contributed by atoms with van der Waals surface area (Å²) in [6.45, 7) is 9.65. The second-order valence-electron chi connectivity index (χ2n) is 4.31. The summed E-state index contributed by atoms with van der Waals surface area (Å²) >= 11 is 4.85. The van der Waals surface area contributed by atoms with Crippen molar-refractivity contribution in [2.45, 2.75) is 54.5 Å². The van der Waals surface area contributed by atoms with Gasteiger partial charge < -0.3 is 4.90 Å². The van der Waals surface area contributed by atoms with E-state index in [4.69, 9.17) is 0 Å². The highest BCUT2D eigenvalue weighted by atomic mass is 32.2. The Morgan fingerprint density at radius 3 is 2.50 bits per heavy atom. The maximum atomic E-state index is 12.2. The molecule has 0 aromatic carbocycles. The summed E-state index contributed by atoms with van der Waals surface area (Å²) in [5.74, 6) is 1.26. The van der Waals surface area contributed by atoms with Crippen LogP contribution in [-0.4, -0.2) is 45.1 Å². The molecule has 4 nitrogen and oxygen atoms in total. The van der Waals surface area contributed by atoms with Crippen LogP contribution in [0.25, 0.3) is 0 Å². The Morgan fingerprint density at radius 2 is 1.90 bits per heavy atom. The number of carbonyl (C=O) groups excluding carboxylic acids is 1. The fourth-order valence-electron chi connectivity index (χ4n) is 1.60. The summed E-state index contributed by atoms with van der Waals surface area (Å²) in [6.07, 6.45) is 2.40. The van der Waals surface area contributed by atoms with Crippen LogP contribution < -0.4 is 0 Å². The Labute approximate surface area is 134 Å². The average molecular weight is 334 g/mol. The first-order chi connectivity index (χ1) is 9.62. The van der Waals surface area contributed by atoms with E-state index in [2.05, 4.69) is 17.1 Å². The smallest absolute Gasteiger partial charge is 0.235 e. The van der Waals surface area contributed by atoms with Gasteiger partial charge in [0.05, 0.1) is 5.25 Å². The highest BCUT2D eigenvalue weighted by Crippen LogP contribution is 2.32. The Kier molecular flexibility index (Phi) is 8.56. The van der Waals surface area contributed by atoms with Gasteiger partial charge in [0.2, 0.25) is 5.91 Å². The van der Waals surface area contributed by atoms with Crippen LogP contribution in [0.15, 0.2) is 8.68 Å². The zero-order chi connectivity index (χ0) is 15.0. The maximum absolute atomic E-state index is 12.2. The van der Waals surface area contributed by atoms with Gasteiger partial charge in [0.15, 0.2) is 8.68 Å². The molecule has 0 radical (unpaired) electrons. The maximum Gasteiger partial charge on any atom is 0.235 e. The molecule has 0 aliphatic carbocycles. The number of hydrogen-bond acceptors (Lipinski definition) is 6. The van der Waals surface area contributed by atoms with Crippen molar-refractivity contribution < 1.29 is 4.79 Å². The van der Waals surface area contributed by atoms with E-state index in [1.807, 2.05) is 25.7 Å². The molecule has 0 spiro atoms. The third-order valence-electron chi connectivity index (χ3n) is 2.81. The standard InChI is InChI=1S/C13H23N3OS3/c1-5-8-9-18-12-14-15-13(20-12)19-10(4)11(17)16(6-2)7-3/h10H,5-9H2,1-4H3. The van der Waals surface area contributed by atoms with E-state index in [0.717, 1.165) is 27.5 Å². The lowest BCUT2D eigenvalue weighted by Crippen LogP contribution is -2.36. The molecule has 1 amide bonds. The number of hydrogen-bond donors (Lipinski definition) is 0. The van der Waals surface area contributed by atoms with E-state index in [0.29, 0.717) is 0 Å². The monoisotopic (exact) mass is 333 g/mol. The van der Waals surface area contributed by atoms with Gasteiger partial charge in [-0.3, -0.25) is 4.79 Å². The molecular weight excluding hydrogens is 310 g/mol. The van der Waals surface area contributed by atoms with Crippen LogP contribution in [0, 0.1) is 0 Å². The molecule has 7 heteroatoms. The number of aromatic nitrogens is 2. The van der Waals surface area contributed by atoms with Crippen LogP contribution in [0.3, 0.4) is 0 Å². The average Bonchev–Trinajstić information content (AvgIpc) is 2.88. The summed E-state index contributed by atoms with van der Waals surface area (Å²) < 4.78 is 1.89. The minimum absolute atomic E-state index is 0.101. The molecule has 0 aliphatic rings. The van der Waals surface area contributed by atoms with Crippen molar-refractivity contribution in [1.29, 1.82) is 0 Å². The Hall–Kier alpha value is -0.270. The summed E-state index contributed by atoms with van der Waals surface area (Å²) in [5, 5.41) is 8.24. The summed E-state index contributed by atoms with van der Waals surface area (Å²) in [7, 11) is 0. The molecule has 20 heavy (non-hydrogen) atoms. The first kappa shape index (κ1) is 17.8. The molecule has 0 saturated carbocycles. The van der Waals surface area contributed by atoms with Gasteiger partial charge in [-0.25, -0.2) is 0 Å². The van der Waals surface area contributed by atoms with Crippen molar-refractivity contribution in [3.05, 3.63) is 0 Å². The van der Waals surface area contributed by atoms with Gasteiger partial charge >= 0.3 is 0 Å². The summed E-state index contributed by atoms with van der Waals surface area (Å²) in [6, 6.07) is 0. The van der Waals surface area contributed by atoms with E-state index < -0.39 is 0 Å². The highest BCUT2D eigenvalue weighted by molar-refractivity contribution is 8.03. The fourth-order valence-corrected chi connectivity index (χ4v) is 5.00. The van der Waals surface area contributed by atoms with Gasteiger partial charge in [-0.15, -0.1) is 10.2 Å². The van der Waals surface area contributed by atoms with E-state index >= 15 is 0 Å². The van der Waals surface area contributed by atoms with Crippen LogP contribution in [0.5, 0.6) is 0 Å². The molecule has 1 aromatic rings. The molecule has 1 aromatic heterocycles. The predicted molar refractivity (Wildman–Crippen MR) is 88.8 cm³/mol. The van der Waals surface area contributed by atoms with Crippen molar-refractivity contribution in [1.82, 2.24) is 15.1 Å². The number of carbonyl (C=O) groups is 1. The topological polar surface area (TPSA) is 46.1 Å². The summed E-state index contributed by atoms with van der Waals surface area (Å²) in [4.78, 5) is 14.0. The van der Waals surface area contributed by atoms with Crippen molar-refractivity contribution >= 4 is 40.8 Å². The predicted octanol–water partition coefficient (Wildman–Crippen LogP) is 3.78. The van der Waals surface area contributed by atoms with Crippen LogP contribution in [-0.2, 0) is 4.79 Å². The number of thioether (sulfide) groups is 2. The third kappa shape index (κ3) is 5.61. The van der Waals surface area contributed by atoms with Crippen LogP contribution in [0.1, 0.15) is 40.5 Å². The Morgan fingerprint density at radius 1 is 1.25 bits per heavy atom. The lowest BCUT2D eigenvalue weighted by molar-refractivity contribution is -0.129. The molecule has 1 rings (SSSR count). The van der Waals surface area contributed by atoms with Crippen LogP contribution in [0.4, 0.5) is 0 Å². The Bertz CT molecular complexity index is 407. The van der Waals surface area contributed by atoms with Crippen LogP contribution in [0.2, 0.25) is 0 Å². The fraction of sp³-hybridized carbons (Fsp3) is 0.769. The first-order valence-electron chi connectivity index (χ1n) is 7.04. The molecule has 0 bridgehead atoms. The second kappa shape index (κ2) is 9.63. The molecule has 0 aliphatic heterocycles. The molecule has 0 N–H and O–H groups in total. The van der Waals surface area contributed by atoms with Crippen molar-refractivity contribution in [3.63, 3.8) is 0 Å². The van der Waals surface area contributed by atoms with Gasteiger partial charge in [-0.2, -0.15) is 0 Å². The van der Waals surface area contributed by atoms with Crippen molar-refractivity contribution in [3.8, 4) is 0 Å². The van der Waals surface area contributed by atoms with Crippen molar-refractivity contribution in [2.24, 2.45) is 0 Å². The largest absolute Gasteiger partial charge is 0.342 e. The van der Waals surface area contributed by atoms with E-state index in [1.54, 1.807) is 23.1 Å². The van der Waals surface area contributed by atoms with Gasteiger partial charge in [-0.1, -0.05) is 48.2 Å². The SMILES string of the molecule is CCCCSc1nnc(SC(C)C(=O)N(CC)CC)s1. The van der Waals surface area contributed by atoms with Gasteiger partial charge in [0.25, 0.3) is 0 Å². The molecule has 1 atom stereocenters. The normalized spacial score (nSPS) is 12.4. The second-order valence-corrected chi connectivity index (χ2v) is 8.21. The number of amides is 1. The first-order valence-corrected chi connectivity index (χ1v) is 9.72. The molecule has 1 heterocycles. The lowest BCUT2D eigenvalue weighted by atomic mass is 10.4. The number of rotatable bonds is 9. The highest BCUT2D eigenvalue weighted by Gasteiger charge is 2.21. The molecule has 0 fully saturated rings. The van der Waals surface area contributed by atoms with E-state index in [9.17, 15) is 4.79 Å². The zero-order valence-electron chi connectivity index (χ0n) is 12.6. The summed E-state index contributed by atoms with van der Waals surface area (Å²) in [5.41, 5.74) is 0. The van der Waals surface area contributed by atoms with E-state index in [1.165, 1.54) is 24.6 Å². The lowest BCUT2D eigenvalue weighted by Gasteiger charge is -2.21. The molecule has 1 unspecified atom stereocenters. The van der Waals surface area contributed by atoms with Gasteiger partial charge in [0.1, 0.15) is 0 Å². The number of unbranched alkanes of at least 4 members (excludes halogenated alkanes) is 1. The van der Waals surface area contributed by atoms with E-state index in [-0.39, 0.29) is 11.2 Å². The van der Waals surface area contributed by atoms with Crippen molar-refractivity contribution in [2.75, 3.05) is 18.8 Å².